The van der Waals surface area contributed by atoms with Gasteiger partial charge in [0.1, 0.15) is 11.6 Å². The van der Waals surface area contributed by atoms with Crippen LogP contribution in [0.2, 0.25) is 0 Å². The highest BCUT2D eigenvalue weighted by atomic mass is 16.5. The van der Waals surface area contributed by atoms with E-state index in [4.69, 9.17) is 4.74 Å². The smallest absolute Gasteiger partial charge is 0.128 e. The largest absolute Gasteiger partial charge is 0.494 e. The zero-order chi connectivity index (χ0) is 18.2. The summed E-state index contributed by atoms with van der Waals surface area (Å²) in [5.41, 5.74) is 2.21. The normalized spacial score (nSPS) is 20.1. The van der Waals surface area contributed by atoms with Crippen LogP contribution >= 0.6 is 0 Å². The van der Waals surface area contributed by atoms with Crippen molar-refractivity contribution in [1.29, 1.82) is 0 Å². The standard InChI is InChI=1S/C23H32N2O/c1-3-15-26-22-12-10-20(11-13-22)21-16-24-23(25-17-21)14-9-19-7-5-18(4-2)6-8-19/h10-13,16-19H,3-9,14-15H2,1-2H3. The van der Waals surface area contributed by atoms with Gasteiger partial charge in [-0.15, -0.1) is 0 Å². The van der Waals surface area contributed by atoms with Gasteiger partial charge in [-0.2, -0.15) is 0 Å². The lowest BCUT2D eigenvalue weighted by Crippen LogP contribution is -2.15. The molecule has 2 aromatic rings. The fraction of sp³-hybridized carbons (Fsp3) is 0.565. The maximum Gasteiger partial charge on any atom is 0.128 e. The molecule has 0 spiro atoms. The Morgan fingerprint density at radius 1 is 0.885 bits per heavy atom. The molecule has 0 unspecified atom stereocenters. The number of aromatic nitrogens is 2. The summed E-state index contributed by atoms with van der Waals surface area (Å²) in [5.74, 6) is 3.75. The van der Waals surface area contributed by atoms with Gasteiger partial charge >= 0.3 is 0 Å². The fourth-order valence-electron chi connectivity index (χ4n) is 3.86. The van der Waals surface area contributed by atoms with Gasteiger partial charge in [0.2, 0.25) is 0 Å². The Labute approximate surface area is 158 Å². The number of nitrogens with zero attached hydrogens (tertiary/aromatic N) is 2. The molecule has 3 rings (SSSR count). The van der Waals surface area contributed by atoms with Crippen LogP contribution in [0.3, 0.4) is 0 Å². The first-order chi connectivity index (χ1) is 12.8. The number of hydrogen-bond donors (Lipinski definition) is 0. The van der Waals surface area contributed by atoms with Gasteiger partial charge in [-0.3, -0.25) is 0 Å². The Hall–Kier alpha value is -1.90. The van der Waals surface area contributed by atoms with E-state index in [0.29, 0.717) is 0 Å². The molecular weight excluding hydrogens is 320 g/mol. The number of ether oxygens (including phenoxy) is 1. The summed E-state index contributed by atoms with van der Waals surface area (Å²) < 4.78 is 5.64. The molecule has 0 atom stereocenters. The van der Waals surface area contributed by atoms with E-state index in [1.165, 1.54) is 38.5 Å². The zero-order valence-corrected chi connectivity index (χ0v) is 16.3. The molecule has 3 heteroatoms. The van der Waals surface area contributed by atoms with Crippen molar-refractivity contribution in [2.75, 3.05) is 6.61 Å². The third-order valence-electron chi connectivity index (χ3n) is 5.69. The molecule has 0 saturated heterocycles. The van der Waals surface area contributed by atoms with Crippen molar-refractivity contribution in [3.8, 4) is 16.9 Å². The second-order valence-corrected chi connectivity index (χ2v) is 7.59. The van der Waals surface area contributed by atoms with Gasteiger partial charge in [-0.05, 0) is 42.4 Å². The van der Waals surface area contributed by atoms with E-state index in [2.05, 4.69) is 35.9 Å². The van der Waals surface area contributed by atoms with E-state index < -0.39 is 0 Å². The van der Waals surface area contributed by atoms with Gasteiger partial charge in [-0.1, -0.05) is 58.1 Å². The molecule has 1 saturated carbocycles. The molecule has 1 fully saturated rings. The molecule has 1 aliphatic carbocycles. The topological polar surface area (TPSA) is 35.0 Å². The Kier molecular flexibility index (Phi) is 7.04. The molecule has 3 nitrogen and oxygen atoms in total. The van der Waals surface area contributed by atoms with Gasteiger partial charge < -0.3 is 4.74 Å². The molecule has 140 valence electrons. The third-order valence-corrected chi connectivity index (χ3v) is 5.69. The Morgan fingerprint density at radius 3 is 2.15 bits per heavy atom. The predicted molar refractivity (Wildman–Crippen MR) is 107 cm³/mol. The average molecular weight is 353 g/mol. The molecule has 1 aliphatic rings. The number of hydrogen-bond acceptors (Lipinski definition) is 3. The van der Waals surface area contributed by atoms with Crippen LogP contribution in [-0.4, -0.2) is 16.6 Å². The Morgan fingerprint density at radius 2 is 1.54 bits per heavy atom. The monoisotopic (exact) mass is 352 g/mol. The lowest BCUT2D eigenvalue weighted by atomic mass is 9.79. The van der Waals surface area contributed by atoms with E-state index in [1.54, 1.807) is 0 Å². The summed E-state index contributed by atoms with van der Waals surface area (Å²) >= 11 is 0. The van der Waals surface area contributed by atoms with Crippen molar-refractivity contribution in [3.63, 3.8) is 0 Å². The molecule has 0 N–H and O–H groups in total. The summed E-state index contributed by atoms with van der Waals surface area (Å²) in [6.45, 7) is 5.20. The van der Waals surface area contributed by atoms with Crippen LogP contribution in [0.1, 0.15) is 64.6 Å². The van der Waals surface area contributed by atoms with E-state index in [1.807, 2.05) is 24.5 Å². The maximum atomic E-state index is 5.64. The molecule has 0 amide bonds. The summed E-state index contributed by atoms with van der Waals surface area (Å²) in [7, 11) is 0. The van der Waals surface area contributed by atoms with E-state index in [0.717, 1.165) is 54.0 Å². The summed E-state index contributed by atoms with van der Waals surface area (Å²) in [6.07, 6.45) is 14.1. The van der Waals surface area contributed by atoms with Gasteiger partial charge in [0, 0.05) is 24.4 Å². The lowest BCUT2D eigenvalue weighted by Gasteiger charge is -2.27. The Balaban J connectivity index is 1.50. The highest BCUT2D eigenvalue weighted by molar-refractivity contribution is 5.62. The number of benzene rings is 1. The summed E-state index contributed by atoms with van der Waals surface area (Å²) in [4.78, 5) is 9.20. The number of aryl methyl sites for hydroxylation is 1. The van der Waals surface area contributed by atoms with Crippen molar-refractivity contribution in [2.45, 2.75) is 65.2 Å². The van der Waals surface area contributed by atoms with Crippen LogP contribution in [0.15, 0.2) is 36.7 Å². The van der Waals surface area contributed by atoms with Crippen LogP contribution in [0.25, 0.3) is 11.1 Å². The van der Waals surface area contributed by atoms with Gasteiger partial charge in [0.05, 0.1) is 6.61 Å². The number of rotatable bonds is 8. The van der Waals surface area contributed by atoms with Crippen molar-refractivity contribution in [2.24, 2.45) is 11.8 Å². The van der Waals surface area contributed by atoms with Crippen molar-refractivity contribution < 1.29 is 4.74 Å². The lowest BCUT2D eigenvalue weighted by molar-refractivity contribution is 0.258. The van der Waals surface area contributed by atoms with Crippen LogP contribution in [0.5, 0.6) is 5.75 Å². The predicted octanol–water partition coefficient (Wildman–Crippen LogP) is 6.08. The van der Waals surface area contributed by atoms with Crippen molar-refractivity contribution in [1.82, 2.24) is 9.97 Å². The van der Waals surface area contributed by atoms with Crippen LogP contribution in [0.4, 0.5) is 0 Å². The quantitative estimate of drug-likeness (QED) is 0.577. The molecule has 1 aromatic heterocycles. The molecular formula is C23H32N2O. The SMILES string of the molecule is CCCOc1ccc(-c2cnc(CCC3CCC(CC)CC3)nc2)cc1. The molecule has 1 aromatic carbocycles. The molecule has 0 bridgehead atoms. The van der Waals surface area contributed by atoms with Crippen LogP contribution in [-0.2, 0) is 6.42 Å². The first kappa shape index (κ1) is 18.9. The highest BCUT2D eigenvalue weighted by Gasteiger charge is 2.19. The molecule has 26 heavy (non-hydrogen) atoms. The van der Waals surface area contributed by atoms with E-state index >= 15 is 0 Å². The zero-order valence-electron chi connectivity index (χ0n) is 16.3. The molecule has 0 aliphatic heterocycles. The Bertz CT molecular complexity index is 643. The maximum absolute atomic E-state index is 5.64. The fourth-order valence-corrected chi connectivity index (χ4v) is 3.86. The minimum absolute atomic E-state index is 0.761. The van der Waals surface area contributed by atoms with Crippen LogP contribution < -0.4 is 4.74 Å². The summed E-state index contributed by atoms with van der Waals surface area (Å²) in [6, 6.07) is 8.20. The second-order valence-electron chi connectivity index (χ2n) is 7.59. The second kappa shape index (κ2) is 9.70. The highest BCUT2D eigenvalue weighted by Crippen LogP contribution is 2.32. The average Bonchev–Trinajstić information content (AvgIpc) is 2.72. The summed E-state index contributed by atoms with van der Waals surface area (Å²) in [5, 5.41) is 0. The van der Waals surface area contributed by atoms with Gasteiger partial charge in [0.15, 0.2) is 0 Å². The van der Waals surface area contributed by atoms with Crippen molar-refractivity contribution in [3.05, 3.63) is 42.5 Å². The van der Waals surface area contributed by atoms with Crippen LogP contribution in [0, 0.1) is 11.8 Å². The first-order valence-electron chi connectivity index (χ1n) is 10.3. The third kappa shape index (κ3) is 5.30. The van der Waals surface area contributed by atoms with E-state index in [9.17, 15) is 0 Å². The van der Waals surface area contributed by atoms with Gasteiger partial charge in [-0.25, -0.2) is 9.97 Å². The van der Waals surface area contributed by atoms with E-state index in [-0.39, 0.29) is 0 Å². The minimum atomic E-state index is 0.761. The molecule has 0 radical (unpaired) electrons. The molecule has 1 heterocycles. The minimum Gasteiger partial charge on any atom is -0.494 e. The van der Waals surface area contributed by atoms with Crippen molar-refractivity contribution >= 4 is 0 Å². The van der Waals surface area contributed by atoms with Gasteiger partial charge in [0.25, 0.3) is 0 Å². The first-order valence-corrected chi connectivity index (χ1v) is 10.3.